The zero-order valence-corrected chi connectivity index (χ0v) is 16.2. The number of methoxy groups -OCH3 is 3. The smallest absolute Gasteiger partial charge is 0.257 e. The molecule has 0 atom stereocenters. The van der Waals surface area contributed by atoms with E-state index < -0.39 is 0 Å². The molecule has 1 heterocycles. The van der Waals surface area contributed by atoms with Crippen molar-refractivity contribution in [3.8, 4) is 28.6 Å². The second kappa shape index (κ2) is 8.05. The number of rotatable bonds is 6. The van der Waals surface area contributed by atoms with Gasteiger partial charge in [0.25, 0.3) is 5.91 Å². The summed E-state index contributed by atoms with van der Waals surface area (Å²) in [6.45, 7) is 2.02. The van der Waals surface area contributed by atoms with E-state index in [0.717, 1.165) is 22.7 Å². The number of aryl methyl sites for hydroxylation is 1. The van der Waals surface area contributed by atoms with E-state index in [4.69, 9.17) is 14.2 Å². The average Bonchev–Trinajstić information content (AvgIpc) is 3.15. The topological polar surface area (TPSA) is 82.6 Å². The lowest BCUT2D eigenvalue weighted by Gasteiger charge is -2.13. The van der Waals surface area contributed by atoms with E-state index in [1.54, 1.807) is 12.1 Å². The van der Waals surface area contributed by atoms with Gasteiger partial charge in [0, 0.05) is 22.7 Å². The lowest BCUT2D eigenvalue weighted by atomic mass is 10.1. The second-order valence-electron chi connectivity index (χ2n) is 5.66. The summed E-state index contributed by atoms with van der Waals surface area (Å²) in [6, 6.07) is 11.0. The number of ether oxygens (including phenoxy) is 3. The molecule has 0 spiro atoms. The highest BCUT2D eigenvalue weighted by molar-refractivity contribution is 7.10. The van der Waals surface area contributed by atoms with Crippen molar-refractivity contribution in [3.05, 3.63) is 47.5 Å². The van der Waals surface area contributed by atoms with E-state index >= 15 is 0 Å². The van der Waals surface area contributed by atoms with E-state index in [9.17, 15) is 4.79 Å². The SMILES string of the molecule is COc1cc(C(=O)Nc2nc(-c3ccc(C)cc3)ns2)cc(OC)c1OC. The quantitative estimate of drug-likeness (QED) is 0.695. The van der Waals surface area contributed by atoms with Crippen LogP contribution in [0.4, 0.5) is 5.13 Å². The average molecular weight is 385 g/mol. The highest BCUT2D eigenvalue weighted by Crippen LogP contribution is 2.38. The van der Waals surface area contributed by atoms with Crippen LogP contribution in [0, 0.1) is 6.92 Å². The summed E-state index contributed by atoms with van der Waals surface area (Å²) in [5.74, 6) is 1.45. The van der Waals surface area contributed by atoms with Gasteiger partial charge in [-0.05, 0) is 19.1 Å². The monoisotopic (exact) mass is 385 g/mol. The Balaban J connectivity index is 1.82. The first-order chi connectivity index (χ1) is 13.0. The zero-order chi connectivity index (χ0) is 19.4. The van der Waals surface area contributed by atoms with Gasteiger partial charge in [0.1, 0.15) is 0 Å². The number of carbonyl (C=O) groups is 1. The van der Waals surface area contributed by atoms with E-state index in [1.807, 2.05) is 31.2 Å². The molecule has 3 aromatic rings. The highest BCUT2D eigenvalue weighted by atomic mass is 32.1. The molecule has 7 nitrogen and oxygen atoms in total. The van der Waals surface area contributed by atoms with Gasteiger partial charge in [0.15, 0.2) is 17.3 Å². The number of anilines is 1. The fourth-order valence-corrected chi connectivity index (χ4v) is 3.06. The van der Waals surface area contributed by atoms with Crippen LogP contribution in [0.3, 0.4) is 0 Å². The van der Waals surface area contributed by atoms with Gasteiger partial charge in [-0.25, -0.2) is 0 Å². The predicted molar refractivity (Wildman–Crippen MR) is 104 cm³/mol. The molecule has 140 valence electrons. The van der Waals surface area contributed by atoms with Crippen molar-refractivity contribution in [1.29, 1.82) is 0 Å². The van der Waals surface area contributed by atoms with Crippen LogP contribution in [0.2, 0.25) is 0 Å². The molecular weight excluding hydrogens is 366 g/mol. The molecule has 0 saturated carbocycles. The zero-order valence-electron chi connectivity index (χ0n) is 15.4. The van der Waals surface area contributed by atoms with Crippen LogP contribution in [0.25, 0.3) is 11.4 Å². The van der Waals surface area contributed by atoms with Crippen molar-refractivity contribution >= 4 is 22.6 Å². The van der Waals surface area contributed by atoms with Gasteiger partial charge in [-0.2, -0.15) is 9.36 Å². The number of hydrogen-bond acceptors (Lipinski definition) is 7. The molecule has 0 saturated heterocycles. The third-order valence-electron chi connectivity index (χ3n) is 3.88. The van der Waals surface area contributed by atoms with Crippen LogP contribution in [-0.4, -0.2) is 36.6 Å². The van der Waals surface area contributed by atoms with E-state index in [0.29, 0.717) is 33.8 Å². The summed E-state index contributed by atoms with van der Waals surface area (Å²) in [5, 5.41) is 3.16. The Morgan fingerprint density at radius 3 is 2.19 bits per heavy atom. The van der Waals surface area contributed by atoms with Crippen LogP contribution in [0.15, 0.2) is 36.4 Å². The second-order valence-corrected chi connectivity index (χ2v) is 6.41. The number of benzene rings is 2. The minimum Gasteiger partial charge on any atom is -0.493 e. The molecule has 0 aliphatic rings. The van der Waals surface area contributed by atoms with Crippen molar-refractivity contribution in [1.82, 2.24) is 9.36 Å². The molecule has 8 heteroatoms. The van der Waals surface area contributed by atoms with Crippen molar-refractivity contribution < 1.29 is 19.0 Å². The Kier molecular flexibility index (Phi) is 5.56. The third kappa shape index (κ3) is 4.01. The Labute approximate surface area is 161 Å². The molecule has 0 bridgehead atoms. The van der Waals surface area contributed by atoms with Crippen LogP contribution < -0.4 is 19.5 Å². The van der Waals surface area contributed by atoms with Crippen LogP contribution in [-0.2, 0) is 0 Å². The largest absolute Gasteiger partial charge is 0.493 e. The van der Waals surface area contributed by atoms with Crippen molar-refractivity contribution in [3.63, 3.8) is 0 Å². The summed E-state index contributed by atoms with van der Waals surface area (Å²) in [5.41, 5.74) is 2.41. The first kappa shape index (κ1) is 18.7. The van der Waals surface area contributed by atoms with Gasteiger partial charge in [-0.15, -0.1) is 0 Å². The standard InChI is InChI=1S/C19H19N3O4S/c1-11-5-7-12(8-6-11)17-20-19(27-22-17)21-18(23)13-9-14(24-2)16(26-4)15(10-13)25-3/h5-10H,1-4H3,(H,20,21,22,23). The lowest BCUT2D eigenvalue weighted by molar-refractivity contribution is 0.102. The number of carbonyl (C=O) groups excluding carboxylic acids is 1. The first-order valence-electron chi connectivity index (χ1n) is 8.07. The highest BCUT2D eigenvalue weighted by Gasteiger charge is 2.18. The third-order valence-corrected chi connectivity index (χ3v) is 4.51. The Morgan fingerprint density at radius 2 is 1.63 bits per heavy atom. The Hall–Kier alpha value is -3.13. The molecule has 2 aromatic carbocycles. The normalized spacial score (nSPS) is 10.4. The van der Waals surface area contributed by atoms with Gasteiger partial charge in [0.2, 0.25) is 10.9 Å². The molecule has 0 unspecified atom stereocenters. The molecule has 1 aromatic heterocycles. The summed E-state index contributed by atoms with van der Waals surface area (Å²) in [6.07, 6.45) is 0. The summed E-state index contributed by atoms with van der Waals surface area (Å²) >= 11 is 1.12. The molecule has 3 rings (SSSR count). The molecule has 1 N–H and O–H groups in total. The van der Waals surface area contributed by atoms with Crippen molar-refractivity contribution in [2.75, 3.05) is 26.6 Å². The van der Waals surface area contributed by atoms with E-state index in [2.05, 4.69) is 14.7 Å². The molecular formula is C19H19N3O4S. The van der Waals surface area contributed by atoms with Crippen LogP contribution >= 0.6 is 11.5 Å². The van der Waals surface area contributed by atoms with Crippen LogP contribution in [0.5, 0.6) is 17.2 Å². The minimum atomic E-state index is -0.346. The van der Waals surface area contributed by atoms with E-state index in [-0.39, 0.29) is 5.91 Å². The summed E-state index contributed by atoms with van der Waals surface area (Å²) in [4.78, 5) is 17.0. The van der Waals surface area contributed by atoms with E-state index in [1.165, 1.54) is 21.3 Å². The number of nitrogens with zero attached hydrogens (tertiary/aromatic N) is 2. The van der Waals surface area contributed by atoms with Gasteiger partial charge in [-0.3, -0.25) is 10.1 Å². The first-order valence-corrected chi connectivity index (χ1v) is 8.85. The Bertz CT molecular complexity index is 929. The van der Waals surface area contributed by atoms with Crippen molar-refractivity contribution in [2.45, 2.75) is 6.92 Å². The molecule has 0 radical (unpaired) electrons. The number of aromatic nitrogens is 2. The Morgan fingerprint density at radius 1 is 1.00 bits per heavy atom. The lowest BCUT2D eigenvalue weighted by Crippen LogP contribution is -2.12. The molecule has 1 amide bonds. The molecule has 0 fully saturated rings. The van der Waals surface area contributed by atoms with Gasteiger partial charge in [-0.1, -0.05) is 29.8 Å². The fourth-order valence-electron chi connectivity index (χ4n) is 2.48. The fraction of sp³-hybridized carbons (Fsp3) is 0.211. The van der Waals surface area contributed by atoms with Gasteiger partial charge < -0.3 is 14.2 Å². The molecule has 0 aliphatic carbocycles. The maximum absolute atomic E-state index is 12.6. The molecule has 0 aliphatic heterocycles. The maximum atomic E-state index is 12.6. The maximum Gasteiger partial charge on any atom is 0.257 e. The predicted octanol–water partition coefficient (Wildman–Crippen LogP) is 3.79. The number of amides is 1. The van der Waals surface area contributed by atoms with Crippen molar-refractivity contribution in [2.24, 2.45) is 0 Å². The number of hydrogen-bond donors (Lipinski definition) is 1. The van der Waals surface area contributed by atoms with Crippen LogP contribution in [0.1, 0.15) is 15.9 Å². The molecule has 27 heavy (non-hydrogen) atoms. The number of nitrogens with one attached hydrogen (secondary N) is 1. The van der Waals surface area contributed by atoms with Gasteiger partial charge >= 0.3 is 0 Å². The summed E-state index contributed by atoms with van der Waals surface area (Å²) < 4.78 is 20.1. The summed E-state index contributed by atoms with van der Waals surface area (Å²) in [7, 11) is 4.50. The van der Waals surface area contributed by atoms with Gasteiger partial charge in [0.05, 0.1) is 21.3 Å². The minimum absolute atomic E-state index is 0.346.